The zero-order valence-corrected chi connectivity index (χ0v) is 10.1. The first-order chi connectivity index (χ1) is 6.49. The molecule has 0 saturated heterocycles. The molecule has 0 aromatic carbocycles. The summed E-state index contributed by atoms with van der Waals surface area (Å²) in [6, 6.07) is 0. The Morgan fingerprint density at radius 3 is 2.27 bits per heavy atom. The lowest BCUT2D eigenvalue weighted by Crippen LogP contribution is -2.31. The van der Waals surface area contributed by atoms with Crippen molar-refractivity contribution in [2.75, 3.05) is 14.2 Å². The number of aromatic nitrogens is 2. The summed E-state index contributed by atoms with van der Waals surface area (Å²) in [6.45, 7) is 3.66. The Balaban J connectivity index is 0.00000196. The third-order valence-corrected chi connectivity index (χ3v) is 1.71. The van der Waals surface area contributed by atoms with E-state index in [0.717, 1.165) is 0 Å². The highest BCUT2D eigenvalue weighted by Gasteiger charge is 2.20. The van der Waals surface area contributed by atoms with Gasteiger partial charge >= 0.3 is 0 Å². The number of nitrogens with zero attached hydrogens (tertiary/aromatic N) is 2. The van der Waals surface area contributed by atoms with Gasteiger partial charge in [0.25, 0.3) is 5.88 Å². The van der Waals surface area contributed by atoms with E-state index >= 15 is 0 Å². The molecule has 2 N–H and O–H groups in total. The predicted octanol–water partition coefficient (Wildman–Crippen LogP) is 1.11. The van der Waals surface area contributed by atoms with E-state index in [-0.39, 0.29) is 12.4 Å². The maximum absolute atomic E-state index is 5.85. The molecule has 0 bridgehead atoms. The molecule has 0 radical (unpaired) electrons. The molecule has 0 unspecified atom stereocenters. The first-order valence-corrected chi connectivity index (χ1v) is 4.23. The van der Waals surface area contributed by atoms with E-state index in [1.54, 1.807) is 6.20 Å². The van der Waals surface area contributed by atoms with Crippen LogP contribution >= 0.6 is 12.4 Å². The molecule has 0 saturated carbocycles. The van der Waals surface area contributed by atoms with Gasteiger partial charge < -0.3 is 15.2 Å². The van der Waals surface area contributed by atoms with Gasteiger partial charge in [-0.2, -0.15) is 4.98 Å². The first-order valence-electron chi connectivity index (χ1n) is 4.23. The van der Waals surface area contributed by atoms with Crippen molar-refractivity contribution in [1.29, 1.82) is 0 Å². The second kappa shape index (κ2) is 5.14. The van der Waals surface area contributed by atoms with Gasteiger partial charge in [-0.25, -0.2) is 4.98 Å². The van der Waals surface area contributed by atoms with Crippen molar-refractivity contribution in [1.82, 2.24) is 9.97 Å². The maximum Gasteiger partial charge on any atom is 0.260 e. The van der Waals surface area contributed by atoms with Crippen molar-refractivity contribution in [2.24, 2.45) is 5.73 Å². The molecule has 0 fully saturated rings. The molecule has 0 aliphatic rings. The van der Waals surface area contributed by atoms with Crippen LogP contribution < -0.4 is 15.2 Å². The molecule has 86 valence electrons. The van der Waals surface area contributed by atoms with Gasteiger partial charge in [-0.15, -0.1) is 12.4 Å². The minimum atomic E-state index is -0.584. The standard InChI is InChI=1S/C9H15N3O2.ClH/c1-9(2,10)8-11-5-6(13-3)7(12-8)14-4;/h5H,10H2,1-4H3;1H. The lowest BCUT2D eigenvalue weighted by Gasteiger charge is -2.17. The molecule has 0 atom stereocenters. The fraction of sp³-hybridized carbons (Fsp3) is 0.556. The lowest BCUT2D eigenvalue weighted by atomic mass is 10.1. The SMILES string of the molecule is COc1cnc(C(C)(C)N)nc1OC.Cl. The van der Waals surface area contributed by atoms with Gasteiger partial charge in [-0.1, -0.05) is 0 Å². The van der Waals surface area contributed by atoms with Crippen molar-refractivity contribution in [2.45, 2.75) is 19.4 Å². The number of halogens is 1. The minimum absolute atomic E-state index is 0. The predicted molar refractivity (Wildman–Crippen MR) is 59.6 cm³/mol. The van der Waals surface area contributed by atoms with Crippen LogP contribution in [0, 0.1) is 0 Å². The van der Waals surface area contributed by atoms with E-state index in [2.05, 4.69) is 9.97 Å². The molecule has 1 rings (SSSR count). The maximum atomic E-state index is 5.85. The number of nitrogens with two attached hydrogens (primary N) is 1. The molecule has 1 heterocycles. The van der Waals surface area contributed by atoms with Crippen molar-refractivity contribution >= 4 is 12.4 Å². The van der Waals surface area contributed by atoms with Crippen molar-refractivity contribution in [3.05, 3.63) is 12.0 Å². The van der Waals surface area contributed by atoms with E-state index < -0.39 is 5.54 Å². The highest BCUT2D eigenvalue weighted by molar-refractivity contribution is 5.85. The zero-order valence-electron chi connectivity index (χ0n) is 9.27. The van der Waals surface area contributed by atoms with E-state index in [4.69, 9.17) is 15.2 Å². The third kappa shape index (κ3) is 3.21. The summed E-state index contributed by atoms with van der Waals surface area (Å²) in [6.07, 6.45) is 1.55. The van der Waals surface area contributed by atoms with Crippen LogP contribution in [-0.2, 0) is 5.54 Å². The summed E-state index contributed by atoms with van der Waals surface area (Å²) >= 11 is 0. The molecular formula is C9H16ClN3O2. The van der Waals surface area contributed by atoms with Crippen LogP contribution in [-0.4, -0.2) is 24.2 Å². The number of rotatable bonds is 3. The summed E-state index contributed by atoms with van der Waals surface area (Å²) in [7, 11) is 3.06. The summed E-state index contributed by atoms with van der Waals surface area (Å²) in [4.78, 5) is 8.24. The summed E-state index contributed by atoms with van der Waals surface area (Å²) in [5, 5.41) is 0. The average Bonchev–Trinajstić information content (AvgIpc) is 2.15. The Labute approximate surface area is 95.4 Å². The Hall–Kier alpha value is -1.07. The molecule has 5 nitrogen and oxygen atoms in total. The third-order valence-electron chi connectivity index (χ3n) is 1.71. The second-order valence-corrected chi connectivity index (χ2v) is 3.49. The van der Waals surface area contributed by atoms with Crippen LogP contribution in [0.5, 0.6) is 11.6 Å². The van der Waals surface area contributed by atoms with Crippen molar-refractivity contribution in [3.63, 3.8) is 0 Å². The van der Waals surface area contributed by atoms with Crippen LogP contribution in [0.25, 0.3) is 0 Å². The van der Waals surface area contributed by atoms with Crippen LogP contribution in [0.1, 0.15) is 19.7 Å². The monoisotopic (exact) mass is 233 g/mol. The van der Waals surface area contributed by atoms with E-state index in [1.807, 2.05) is 13.8 Å². The quantitative estimate of drug-likeness (QED) is 0.847. The highest BCUT2D eigenvalue weighted by atomic mass is 35.5. The molecule has 0 aliphatic carbocycles. The van der Waals surface area contributed by atoms with Gasteiger partial charge in [0.1, 0.15) is 0 Å². The van der Waals surface area contributed by atoms with Gasteiger partial charge in [0.2, 0.25) is 0 Å². The average molecular weight is 234 g/mol. The summed E-state index contributed by atoms with van der Waals surface area (Å²) in [5.41, 5.74) is 5.27. The molecule has 0 aliphatic heterocycles. The van der Waals surface area contributed by atoms with E-state index in [0.29, 0.717) is 17.5 Å². The summed E-state index contributed by atoms with van der Waals surface area (Å²) < 4.78 is 10.1. The molecule has 0 spiro atoms. The Bertz CT molecular complexity index is 326. The highest BCUT2D eigenvalue weighted by Crippen LogP contribution is 2.24. The van der Waals surface area contributed by atoms with Crippen molar-refractivity contribution in [3.8, 4) is 11.6 Å². The normalized spacial score (nSPS) is 10.5. The van der Waals surface area contributed by atoms with Gasteiger partial charge in [0, 0.05) is 0 Å². The van der Waals surface area contributed by atoms with Gasteiger partial charge in [-0.05, 0) is 13.8 Å². The zero-order chi connectivity index (χ0) is 10.8. The number of methoxy groups -OCH3 is 2. The van der Waals surface area contributed by atoms with Gasteiger partial charge in [0.05, 0.1) is 26.0 Å². The molecule has 0 amide bonds. The number of hydrogen-bond acceptors (Lipinski definition) is 5. The van der Waals surface area contributed by atoms with Crippen LogP contribution in [0.4, 0.5) is 0 Å². The molecule has 1 aromatic heterocycles. The fourth-order valence-corrected chi connectivity index (χ4v) is 0.952. The Morgan fingerprint density at radius 1 is 1.27 bits per heavy atom. The molecule has 6 heteroatoms. The second-order valence-electron chi connectivity index (χ2n) is 3.49. The summed E-state index contributed by atoms with van der Waals surface area (Å²) in [5.74, 6) is 1.42. The minimum Gasteiger partial charge on any atom is -0.490 e. The lowest BCUT2D eigenvalue weighted by molar-refractivity contribution is 0.334. The van der Waals surface area contributed by atoms with E-state index in [9.17, 15) is 0 Å². The largest absolute Gasteiger partial charge is 0.490 e. The smallest absolute Gasteiger partial charge is 0.260 e. The molecule has 15 heavy (non-hydrogen) atoms. The fourth-order valence-electron chi connectivity index (χ4n) is 0.952. The molecular weight excluding hydrogens is 218 g/mol. The van der Waals surface area contributed by atoms with Crippen molar-refractivity contribution < 1.29 is 9.47 Å². The topological polar surface area (TPSA) is 70.3 Å². The van der Waals surface area contributed by atoms with Crippen LogP contribution in [0.15, 0.2) is 6.20 Å². The van der Waals surface area contributed by atoms with Crippen LogP contribution in [0.3, 0.4) is 0 Å². The number of ether oxygens (including phenoxy) is 2. The number of hydrogen-bond donors (Lipinski definition) is 1. The first kappa shape index (κ1) is 13.9. The molecule has 1 aromatic rings. The Kier molecular flexibility index (Phi) is 4.77. The van der Waals surface area contributed by atoms with Gasteiger partial charge in [-0.3, -0.25) is 0 Å². The Morgan fingerprint density at radius 2 is 1.87 bits per heavy atom. The van der Waals surface area contributed by atoms with E-state index in [1.165, 1.54) is 14.2 Å². The van der Waals surface area contributed by atoms with Crippen LogP contribution in [0.2, 0.25) is 0 Å². The van der Waals surface area contributed by atoms with Gasteiger partial charge in [0.15, 0.2) is 11.6 Å².